The average Bonchev–Trinajstić information content (AvgIpc) is 2.39. The van der Waals surface area contributed by atoms with Gasteiger partial charge >= 0.3 is 5.97 Å². The minimum Gasteiger partial charge on any atom is -0.478 e. The SMILES string of the molecule is CC1CCC(C)N(c2c(F)cc(C=CC(=O)O)cc2F)C1. The number of aliphatic carboxylic acids is 1. The van der Waals surface area contributed by atoms with E-state index in [1.165, 1.54) is 18.2 Å². The first-order valence-corrected chi connectivity index (χ1v) is 7.05. The molecule has 21 heavy (non-hydrogen) atoms. The molecule has 0 aromatic heterocycles. The Kier molecular flexibility index (Phi) is 4.60. The van der Waals surface area contributed by atoms with Crippen molar-refractivity contribution in [1.82, 2.24) is 0 Å². The zero-order valence-electron chi connectivity index (χ0n) is 12.1. The number of piperidine rings is 1. The fourth-order valence-corrected chi connectivity index (χ4v) is 2.72. The van der Waals surface area contributed by atoms with Crippen molar-refractivity contribution in [3.05, 3.63) is 35.4 Å². The van der Waals surface area contributed by atoms with E-state index in [-0.39, 0.29) is 17.3 Å². The van der Waals surface area contributed by atoms with Gasteiger partial charge < -0.3 is 10.0 Å². The summed E-state index contributed by atoms with van der Waals surface area (Å²) >= 11 is 0. The van der Waals surface area contributed by atoms with Crippen LogP contribution in [0.2, 0.25) is 0 Å². The Morgan fingerprint density at radius 1 is 1.29 bits per heavy atom. The molecule has 0 aliphatic carbocycles. The lowest BCUT2D eigenvalue weighted by molar-refractivity contribution is -0.131. The van der Waals surface area contributed by atoms with Crippen molar-refractivity contribution in [2.24, 2.45) is 5.92 Å². The summed E-state index contributed by atoms with van der Waals surface area (Å²) in [4.78, 5) is 12.2. The van der Waals surface area contributed by atoms with Crippen LogP contribution in [0.4, 0.5) is 14.5 Å². The topological polar surface area (TPSA) is 40.5 Å². The molecule has 1 aromatic rings. The number of nitrogens with zero attached hydrogens (tertiary/aromatic N) is 1. The molecule has 1 saturated heterocycles. The highest BCUT2D eigenvalue weighted by molar-refractivity contribution is 5.85. The number of hydrogen-bond donors (Lipinski definition) is 1. The molecule has 1 fully saturated rings. The number of rotatable bonds is 3. The molecule has 1 heterocycles. The molecule has 2 rings (SSSR count). The summed E-state index contributed by atoms with van der Waals surface area (Å²) < 4.78 is 28.5. The maximum Gasteiger partial charge on any atom is 0.328 e. The number of carboxylic acid groups (broad SMARTS) is 1. The summed E-state index contributed by atoms with van der Waals surface area (Å²) in [6.45, 7) is 4.65. The van der Waals surface area contributed by atoms with Crippen LogP contribution in [0.15, 0.2) is 18.2 Å². The third kappa shape index (κ3) is 3.60. The fraction of sp³-hybridized carbons (Fsp3) is 0.438. The van der Waals surface area contributed by atoms with Crippen molar-refractivity contribution in [3.8, 4) is 0 Å². The van der Waals surface area contributed by atoms with E-state index in [4.69, 9.17) is 5.11 Å². The molecule has 0 spiro atoms. The normalized spacial score (nSPS) is 22.8. The highest BCUT2D eigenvalue weighted by Crippen LogP contribution is 2.32. The van der Waals surface area contributed by atoms with E-state index in [2.05, 4.69) is 6.92 Å². The number of hydrogen-bond acceptors (Lipinski definition) is 2. The molecule has 3 nitrogen and oxygen atoms in total. The number of benzene rings is 1. The van der Waals surface area contributed by atoms with Crippen molar-refractivity contribution in [2.45, 2.75) is 32.7 Å². The lowest BCUT2D eigenvalue weighted by Crippen LogP contribution is -2.42. The molecule has 114 valence electrons. The summed E-state index contributed by atoms with van der Waals surface area (Å²) in [6.07, 6.45) is 4.00. The highest BCUT2D eigenvalue weighted by Gasteiger charge is 2.27. The second-order valence-corrected chi connectivity index (χ2v) is 5.69. The largest absolute Gasteiger partial charge is 0.478 e. The number of carboxylic acids is 1. The molecule has 0 radical (unpaired) electrons. The van der Waals surface area contributed by atoms with Gasteiger partial charge in [0.2, 0.25) is 0 Å². The van der Waals surface area contributed by atoms with Crippen molar-refractivity contribution in [2.75, 3.05) is 11.4 Å². The van der Waals surface area contributed by atoms with E-state index in [1.807, 2.05) is 6.92 Å². The smallest absolute Gasteiger partial charge is 0.328 e. The highest BCUT2D eigenvalue weighted by atomic mass is 19.1. The standard InChI is InChI=1S/C16H19F2NO2/c1-10-3-4-11(2)19(9-10)16-13(17)7-12(8-14(16)18)5-6-15(20)21/h5-8,10-11H,3-4,9H2,1-2H3,(H,20,21). The van der Waals surface area contributed by atoms with E-state index in [1.54, 1.807) is 4.90 Å². The Labute approximate surface area is 122 Å². The Bertz CT molecular complexity index is 548. The number of anilines is 1. The van der Waals surface area contributed by atoms with Crippen LogP contribution in [0.3, 0.4) is 0 Å². The van der Waals surface area contributed by atoms with Gasteiger partial charge in [0.05, 0.1) is 0 Å². The Balaban J connectivity index is 2.34. The van der Waals surface area contributed by atoms with Crippen molar-refractivity contribution in [1.29, 1.82) is 0 Å². The van der Waals surface area contributed by atoms with Gasteiger partial charge in [0.1, 0.15) is 17.3 Å². The lowest BCUT2D eigenvalue weighted by Gasteiger charge is -2.38. The summed E-state index contributed by atoms with van der Waals surface area (Å²) in [5.41, 5.74) is 0.190. The molecule has 2 unspecified atom stereocenters. The second kappa shape index (κ2) is 6.24. The van der Waals surface area contributed by atoms with E-state index >= 15 is 0 Å². The Morgan fingerprint density at radius 2 is 1.90 bits per heavy atom. The summed E-state index contributed by atoms with van der Waals surface area (Å²) in [6, 6.07) is 2.43. The second-order valence-electron chi connectivity index (χ2n) is 5.69. The van der Waals surface area contributed by atoms with E-state index in [9.17, 15) is 13.6 Å². The molecule has 2 atom stereocenters. The van der Waals surface area contributed by atoms with Gasteiger partial charge in [0.15, 0.2) is 0 Å². The Morgan fingerprint density at radius 3 is 2.48 bits per heavy atom. The van der Waals surface area contributed by atoms with Crippen LogP contribution in [-0.4, -0.2) is 23.7 Å². The summed E-state index contributed by atoms with van der Waals surface area (Å²) in [5.74, 6) is -2.06. The first-order chi connectivity index (χ1) is 9.88. The van der Waals surface area contributed by atoms with Gasteiger partial charge in [-0.05, 0) is 49.5 Å². The molecule has 0 bridgehead atoms. The third-order valence-corrected chi connectivity index (χ3v) is 3.86. The average molecular weight is 295 g/mol. The Hall–Kier alpha value is -1.91. The predicted octanol–water partition coefficient (Wildman–Crippen LogP) is 3.69. The van der Waals surface area contributed by atoms with Gasteiger partial charge in [0.25, 0.3) is 0 Å². The molecule has 0 amide bonds. The lowest BCUT2D eigenvalue weighted by atomic mass is 9.94. The molecule has 5 heteroatoms. The molecule has 0 saturated carbocycles. The van der Waals surface area contributed by atoms with Crippen LogP contribution in [0, 0.1) is 17.6 Å². The van der Waals surface area contributed by atoms with Crippen LogP contribution < -0.4 is 4.90 Å². The molecular formula is C16H19F2NO2. The minimum absolute atomic E-state index is 0.0125. The van der Waals surface area contributed by atoms with Crippen LogP contribution in [0.25, 0.3) is 6.08 Å². The monoisotopic (exact) mass is 295 g/mol. The van der Waals surface area contributed by atoms with Crippen LogP contribution in [-0.2, 0) is 4.79 Å². The zero-order valence-corrected chi connectivity index (χ0v) is 12.1. The van der Waals surface area contributed by atoms with Crippen LogP contribution >= 0.6 is 0 Å². The number of carbonyl (C=O) groups is 1. The summed E-state index contributed by atoms with van der Waals surface area (Å²) in [5, 5.41) is 8.55. The maximum atomic E-state index is 14.3. The van der Waals surface area contributed by atoms with Crippen molar-refractivity contribution >= 4 is 17.7 Å². The van der Waals surface area contributed by atoms with Gasteiger partial charge in [-0.1, -0.05) is 6.92 Å². The van der Waals surface area contributed by atoms with E-state index in [0.29, 0.717) is 12.5 Å². The van der Waals surface area contributed by atoms with Gasteiger partial charge in [-0.15, -0.1) is 0 Å². The van der Waals surface area contributed by atoms with Gasteiger partial charge in [-0.25, -0.2) is 13.6 Å². The minimum atomic E-state index is -1.15. The first kappa shape index (κ1) is 15.5. The quantitative estimate of drug-likeness (QED) is 0.865. The molecule has 1 aliphatic rings. The molecule has 1 N–H and O–H groups in total. The van der Waals surface area contributed by atoms with E-state index in [0.717, 1.165) is 18.9 Å². The van der Waals surface area contributed by atoms with Gasteiger partial charge in [0, 0.05) is 18.7 Å². The van der Waals surface area contributed by atoms with E-state index < -0.39 is 17.6 Å². The maximum absolute atomic E-state index is 14.3. The van der Waals surface area contributed by atoms with Crippen LogP contribution in [0.1, 0.15) is 32.3 Å². The van der Waals surface area contributed by atoms with Crippen molar-refractivity contribution < 1.29 is 18.7 Å². The molecule has 1 aromatic carbocycles. The summed E-state index contributed by atoms with van der Waals surface area (Å²) in [7, 11) is 0. The molecular weight excluding hydrogens is 276 g/mol. The predicted molar refractivity (Wildman–Crippen MR) is 78.2 cm³/mol. The first-order valence-electron chi connectivity index (χ1n) is 7.05. The van der Waals surface area contributed by atoms with Crippen LogP contribution in [0.5, 0.6) is 0 Å². The van der Waals surface area contributed by atoms with Gasteiger partial charge in [-0.2, -0.15) is 0 Å². The van der Waals surface area contributed by atoms with Crippen molar-refractivity contribution in [3.63, 3.8) is 0 Å². The van der Waals surface area contributed by atoms with Gasteiger partial charge in [-0.3, -0.25) is 0 Å². The fourth-order valence-electron chi connectivity index (χ4n) is 2.72. The number of halogens is 2. The molecule has 1 aliphatic heterocycles. The third-order valence-electron chi connectivity index (χ3n) is 3.86. The zero-order chi connectivity index (χ0) is 15.6.